The van der Waals surface area contributed by atoms with Gasteiger partial charge in [0.05, 0.1) is 23.5 Å². The Morgan fingerprint density at radius 2 is 1.63 bits per heavy atom. The fraction of sp³-hybridized carbons (Fsp3) is 0.652. The molecule has 0 spiro atoms. The first-order valence-corrected chi connectivity index (χ1v) is 11.9. The lowest BCUT2D eigenvalue weighted by Gasteiger charge is -2.32. The number of nitrogens with zero attached hydrogens (tertiary/aromatic N) is 3. The Hall–Kier alpha value is -2.92. The highest BCUT2D eigenvalue weighted by atomic mass is 19.3. The average molecular weight is 497 g/mol. The molecule has 3 saturated carbocycles. The van der Waals surface area contributed by atoms with Crippen molar-refractivity contribution in [1.82, 2.24) is 25.0 Å². The summed E-state index contributed by atoms with van der Waals surface area (Å²) in [4.78, 5) is 32.8. The van der Waals surface area contributed by atoms with E-state index in [2.05, 4.69) is 20.6 Å². The van der Waals surface area contributed by atoms with Crippen molar-refractivity contribution < 1.29 is 32.3 Å². The average Bonchev–Trinajstić information content (AvgIpc) is 3.66. The predicted molar refractivity (Wildman–Crippen MR) is 115 cm³/mol. The fourth-order valence-corrected chi connectivity index (χ4v) is 5.00. The van der Waals surface area contributed by atoms with Crippen molar-refractivity contribution in [1.29, 1.82) is 0 Å². The van der Waals surface area contributed by atoms with Crippen LogP contribution in [0, 0.1) is 17.8 Å². The Kier molecular flexibility index (Phi) is 5.87. The van der Waals surface area contributed by atoms with Crippen molar-refractivity contribution in [2.24, 2.45) is 17.8 Å². The maximum atomic E-state index is 13.6. The van der Waals surface area contributed by atoms with Crippen molar-refractivity contribution in [3.8, 4) is 0 Å². The molecule has 0 saturated heterocycles. The van der Waals surface area contributed by atoms with Crippen LogP contribution >= 0.6 is 0 Å². The summed E-state index contributed by atoms with van der Waals surface area (Å²) in [6.45, 7) is 0. The predicted octanol–water partition coefficient (Wildman–Crippen LogP) is 4.48. The highest BCUT2D eigenvalue weighted by Gasteiger charge is 2.57. The minimum Gasteiger partial charge on any atom is -0.465 e. The molecule has 0 radical (unpaired) electrons. The number of rotatable bonds is 8. The van der Waals surface area contributed by atoms with Crippen LogP contribution in [0.1, 0.15) is 74.8 Å². The van der Waals surface area contributed by atoms with Gasteiger partial charge in [-0.25, -0.2) is 32.3 Å². The number of fused-ring (bicyclic) bond motifs is 1. The van der Waals surface area contributed by atoms with Gasteiger partial charge in [0, 0.05) is 44.0 Å². The molecular weight excluding hydrogens is 470 g/mol. The Labute approximate surface area is 198 Å². The molecule has 3 aliphatic carbocycles. The quantitative estimate of drug-likeness (QED) is 0.466. The van der Waals surface area contributed by atoms with Gasteiger partial charge >= 0.3 is 6.09 Å². The van der Waals surface area contributed by atoms with Crippen molar-refractivity contribution in [2.75, 3.05) is 0 Å². The maximum absolute atomic E-state index is 13.6. The van der Waals surface area contributed by atoms with Crippen LogP contribution in [-0.2, 0) is 4.79 Å². The zero-order valence-electron chi connectivity index (χ0n) is 18.9. The molecule has 190 valence electrons. The zero-order chi connectivity index (χ0) is 25.0. The number of carbonyl (C=O) groups excluding carboxylic acids is 1. The molecule has 35 heavy (non-hydrogen) atoms. The smallest absolute Gasteiger partial charge is 0.405 e. The first-order valence-electron chi connectivity index (χ1n) is 11.9. The Morgan fingerprint density at radius 3 is 2.23 bits per heavy atom. The summed E-state index contributed by atoms with van der Waals surface area (Å²) in [7, 11) is 0. The van der Waals surface area contributed by atoms with Gasteiger partial charge in [-0.05, 0) is 43.6 Å². The molecule has 0 aliphatic heterocycles. The number of aromatic nitrogens is 3. The highest BCUT2D eigenvalue weighted by molar-refractivity contribution is 5.77. The summed E-state index contributed by atoms with van der Waals surface area (Å²) >= 11 is 0. The molecule has 3 atom stereocenters. The molecule has 12 heteroatoms. The van der Waals surface area contributed by atoms with Crippen molar-refractivity contribution in [3.63, 3.8) is 0 Å². The van der Waals surface area contributed by atoms with Crippen LogP contribution < -0.4 is 10.6 Å². The van der Waals surface area contributed by atoms with Gasteiger partial charge in [-0.3, -0.25) is 9.20 Å². The van der Waals surface area contributed by atoms with E-state index in [1.807, 2.05) is 0 Å². The molecule has 2 amide bonds. The number of imidazole rings is 1. The van der Waals surface area contributed by atoms with E-state index < -0.39 is 41.8 Å². The molecule has 1 unspecified atom stereocenters. The van der Waals surface area contributed by atoms with Gasteiger partial charge in [-0.1, -0.05) is 0 Å². The fourth-order valence-electron chi connectivity index (χ4n) is 5.00. The standard InChI is InChI=1S/C23H27F4N5O3/c24-22(25)6-3-13(4-7-22)19(31-21(34)35)16-11-32-8-5-15(28-20(32)29-16)18(12-1-2-12)30-17(33)9-14-10-23(14,26)27/h5,8,11-14,18-19,31H,1-4,6-7,9-10H2,(H,30,33)(H,34,35)/t14?,18-,19+/m1/s1. The lowest BCUT2D eigenvalue weighted by molar-refractivity contribution is -0.123. The number of alkyl halides is 4. The number of carboxylic acid groups (broad SMARTS) is 1. The minimum atomic E-state index is -2.76. The summed E-state index contributed by atoms with van der Waals surface area (Å²) in [6, 6.07) is 0.537. The van der Waals surface area contributed by atoms with Gasteiger partial charge < -0.3 is 15.7 Å². The van der Waals surface area contributed by atoms with E-state index >= 15 is 0 Å². The van der Waals surface area contributed by atoms with Crippen LogP contribution in [0.3, 0.4) is 0 Å². The monoisotopic (exact) mass is 497 g/mol. The molecule has 8 nitrogen and oxygen atoms in total. The lowest BCUT2D eigenvalue weighted by atomic mass is 9.81. The third-order valence-electron chi connectivity index (χ3n) is 7.31. The molecular formula is C23H27F4N5O3. The maximum Gasteiger partial charge on any atom is 0.405 e. The third kappa shape index (κ3) is 5.35. The van der Waals surface area contributed by atoms with E-state index in [0.29, 0.717) is 11.4 Å². The van der Waals surface area contributed by atoms with Gasteiger partial charge in [0.15, 0.2) is 0 Å². The summed E-state index contributed by atoms with van der Waals surface area (Å²) in [5, 5.41) is 14.6. The second-order valence-electron chi connectivity index (χ2n) is 10.1. The van der Waals surface area contributed by atoms with Crippen molar-refractivity contribution in [3.05, 3.63) is 29.8 Å². The molecule has 0 bridgehead atoms. The van der Waals surface area contributed by atoms with Gasteiger partial charge in [0.2, 0.25) is 17.6 Å². The minimum absolute atomic E-state index is 0.161. The SMILES string of the molecule is O=C(O)N[C@H](c1cn2ccc([C@H](NC(=O)CC3CC3(F)F)C3CC3)nc2n1)C1CCC(F)(F)CC1. The molecule has 2 heterocycles. The van der Waals surface area contributed by atoms with Crippen LogP contribution in [-0.4, -0.2) is 43.3 Å². The molecule has 2 aromatic rings. The molecule has 3 aliphatic rings. The van der Waals surface area contributed by atoms with Gasteiger partial charge in [-0.2, -0.15) is 0 Å². The van der Waals surface area contributed by atoms with E-state index in [4.69, 9.17) is 0 Å². The number of halogens is 4. The third-order valence-corrected chi connectivity index (χ3v) is 7.31. The number of hydrogen-bond donors (Lipinski definition) is 3. The zero-order valence-corrected chi connectivity index (χ0v) is 18.9. The molecule has 5 rings (SSSR count). The van der Waals surface area contributed by atoms with Gasteiger partial charge in [0.25, 0.3) is 5.92 Å². The molecule has 0 aromatic carbocycles. The van der Waals surface area contributed by atoms with Gasteiger partial charge in [-0.15, -0.1) is 0 Å². The van der Waals surface area contributed by atoms with Crippen LogP contribution in [0.4, 0.5) is 22.4 Å². The Morgan fingerprint density at radius 1 is 1.03 bits per heavy atom. The molecule has 3 fully saturated rings. The van der Waals surface area contributed by atoms with Crippen LogP contribution in [0.25, 0.3) is 5.78 Å². The number of nitrogens with one attached hydrogen (secondary N) is 2. The van der Waals surface area contributed by atoms with Crippen LogP contribution in [0.2, 0.25) is 0 Å². The van der Waals surface area contributed by atoms with E-state index in [9.17, 15) is 32.3 Å². The summed E-state index contributed by atoms with van der Waals surface area (Å²) in [5.74, 6) is -6.73. The Bertz CT molecular complexity index is 1130. The Balaban J connectivity index is 1.35. The summed E-state index contributed by atoms with van der Waals surface area (Å²) < 4.78 is 55.3. The normalized spacial score (nSPS) is 25.1. The summed E-state index contributed by atoms with van der Waals surface area (Å²) in [6.07, 6.45) is 3.05. The first-order chi connectivity index (χ1) is 16.5. The summed E-state index contributed by atoms with van der Waals surface area (Å²) in [5.41, 5.74) is 0.934. The second kappa shape index (κ2) is 8.63. The van der Waals surface area contributed by atoms with Crippen molar-refractivity contribution >= 4 is 17.8 Å². The largest absolute Gasteiger partial charge is 0.465 e. The number of carbonyl (C=O) groups is 2. The van der Waals surface area contributed by atoms with Crippen molar-refractivity contribution in [2.45, 2.75) is 75.3 Å². The van der Waals surface area contributed by atoms with E-state index in [1.165, 1.54) is 0 Å². The first kappa shape index (κ1) is 23.8. The number of amides is 2. The second-order valence-corrected chi connectivity index (χ2v) is 10.1. The molecule has 3 N–H and O–H groups in total. The molecule has 2 aromatic heterocycles. The van der Waals surface area contributed by atoms with E-state index in [0.717, 1.165) is 12.8 Å². The van der Waals surface area contributed by atoms with Gasteiger partial charge in [0.1, 0.15) is 0 Å². The highest BCUT2D eigenvalue weighted by Crippen LogP contribution is 2.51. The topological polar surface area (TPSA) is 109 Å². The number of hydrogen-bond acceptors (Lipinski definition) is 4. The lowest BCUT2D eigenvalue weighted by Crippen LogP contribution is -2.36. The van der Waals surface area contributed by atoms with E-state index in [-0.39, 0.29) is 56.1 Å². The van der Waals surface area contributed by atoms with E-state index in [1.54, 1.807) is 22.9 Å². The van der Waals surface area contributed by atoms with Crippen LogP contribution in [0.5, 0.6) is 0 Å². The van der Waals surface area contributed by atoms with Crippen LogP contribution in [0.15, 0.2) is 18.5 Å².